The molecule has 0 heterocycles. The van der Waals surface area contributed by atoms with Crippen molar-refractivity contribution in [1.82, 2.24) is 0 Å². The molecule has 0 aliphatic heterocycles. The molecule has 0 aliphatic carbocycles. The number of hydrogen-bond donors (Lipinski definition) is 0. The predicted molar refractivity (Wildman–Crippen MR) is 120 cm³/mol. The Morgan fingerprint density at radius 2 is 1.08 bits per heavy atom. The van der Waals surface area contributed by atoms with Crippen LogP contribution in [-0.4, -0.2) is 14.8 Å². The molecule has 0 amide bonds. The van der Waals surface area contributed by atoms with E-state index >= 15 is 0 Å². The van der Waals surface area contributed by atoms with E-state index in [-0.39, 0.29) is 14.8 Å². The molecule has 0 rings (SSSR count). The molecule has 0 N–H and O–H groups in total. The first-order chi connectivity index (χ1) is 12.6. The molecule has 0 saturated carbocycles. The van der Waals surface area contributed by atoms with Gasteiger partial charge in [0.25, 0.3) is 0 Å². The molecule has 0 atom stereocenters. The Balaban J connectivity index is 3.87. The molecule has 0 saturated heterocycles. The summed E-state index contributed by atoms with van der Waals surface area (Å²) in [4.78, 5) is 23.7. The monoisotopic (exact) mass is 398 g/mol. The Labute approximate surface area is 170 Å². The summed E-state index contributed by atoms with van der Waals surface area (Å²) < 4.78 is 0.0287. The van der Waals surface area contributed by atoms with Crippen LogP contribution in [0.3, 0.4) is 0 Å². The smallest absolute Gasteiger partial charge is 0.212 e. The maximum atomic E-state index is 11.8. The molecule has 2 nitrogen and oxygen atoms in total. The SMILES string of the molecule is CC=CC(=O)SC(CCCCCCCCCCCCC)SC(=O)C=CC. The Hall–Kier alpha value is -0.480. The standard InChI is InChI=1S/C22H38O2S2/c1-4-7-8-9-10-11-12-13-14-15-16-19-22(25-20(23)17-5-2)26-21(24)18-6-3/h5-6,17-18,22H,4,7-16,19H2,1-3H3. The van der Waals surface area contributed by atoms with Gasteiger partial charge in [0, 0.05) is 0 Å². The minimum absolute atomic E-state index is 0.0287. The second kappa shape index (κ2) is 19.3. The van der Waals surface area contributed by atoms with Crippen molar-refractivity contribution >= 4 is 33.8 Å². The van der Waals surface area contributed by atoms with E-state index in [4.69, 9.17) is 0 Å². The van der Waals surface area contributed by atoms with Gasteiger partial charge in [0.15, 0.2) is 0 Å². The quantitative estimate of drug-likeness (QED) is 0.152. The summed E-state index contributed by atoms with van der Waals surface area (Å²) in [5, 5.41) is 0.0858. The highest BCUT2D eigenvalue weighted by molar-refractivity contribution is 8.30. The third-order valence-electron chi connectivity index (χ3n) is 4.14. The molecule has 26 heavy (non-hydrogen) atoms. The fraction of sp³-hybridized carbons (Fsp3) is 0.727. The maximum Gasteiger partial charge on any atom is 0.212 e. The second-order valence-corrected chi connectivity index (χ2v) is 9.34. The van der Waals surface area contributed by atoms with Crippen LogP contribution in [0.5, 0.6) is 0 Å². The first-order valence-electron chi connectivity index (χ1n) is 10.3. The van der Waals surface area contributed by atoms with Crippen LogP contribution >= 0.6 is 23.5 Å². The average Bonchev–Trinajstić information content (AvgIpc) is 2.60. The topological polar surface area (TPSA) is 34.1 Å². The van der Waals surface area contributed by atoms with Crippen molar-refractivity contribution < 1.29 is 9.59 Å². The van der Waals surface area contributed by atoms with E-state index < -0.39 is 0 Å². The zero-order valence-electron chi connectivity index (χ0n) is 17.0. The first-order valence-corrected chi connectivity index (χ1v) is 12.1. The lowest BCUT2D eigenvalue weighted by Gasteiger charge is -2.12. The number of carbonyl (C=O) groups excluding carboxylic acids is 2. The molecule has 0 aromatic carbocycles. The summed E-state index contributed by atoms with van der Waals surface area (Å²) in [6.45, 7) is 5.94. The number of thioether (sulfide) groups is 2. The van der Waals surface area contributed by atoms with E-state index in [2.05, 4.69) is 6.92 Å². The zero-order chi connectivity index (χ0) is 19.5. The van der Waals surface area contributed by atoms with Crippen LogP contribution in [0, 0.1) is 0 Å². The highest BCUT2D eigenvalue weighted by atomic mass is 32.2. The minimum Gasteiger partial charge on any atom is -0.282 e. The van der Waals surface area contributed by atoms with Crippen LogP contribution in [-0.2, 0) is 9.59 Å². The van der Waals surface area contributed by atoms with Crippen LogP contribution < -0.4 is 0 Å². The third-order valence-corrected chi connectivity index (χ3v) is 6.46. The zero-order valence-corrected chi connectivity index (χ0v) is 18.6. The van der Waals surface area contributed by atoms with Gasteiger partial charge in [-0.3, -0.25) is 9.59 Å². The normalized spacial score (nSPS) is 12.9. The number of hydrogen-bond acceptors (Lipinski definition) is 4. The van der Waals surface area contributed by atoms with Gasteiger partial charge in [-0.1, -0.05) is 113 Å². The van der Waals surface area contributed by atoms with Crippen molar-refractivity contribution in [2.75, 3.05) is 0 Å². The van der Waals surface area contributed by atoms with Gasteiger partial charge in [0.05, 0.1) is 4.58 Å². The Morgan fingerprint density at radius 1 is 0.692 bits per heavy atom. The fourth-order valence-corrected chi connectivity index (χ4v) is 5.00. The number of unbranched alkanes of at least 4 members (excludes halogenated alkanes) is 10. The van der Waals surface area contributed by atoms with Crippen molar-refractivity contribution in [3.05, 3.63) is 24.3 Å². The number of carbonyl (C=O) groups is 2. The lowest BCUT2D eigenvalue weighted by atomic mass is 10.1. The minimum atomic E-state index is 0.0287. The van der Waals surface area contributed by atoms with Gasteiger partial charge in [-0.15, -0.1) is 0 Å². The van der Waals surface area contributed by atoms with E-state index in [9.17, 15) is 9.59 Å². The molecule has 0 aromatic heterocycles. The van der Waals surface area contributed by atoms with Crippen molar-refractivity contribution in [1.29, 1.82) is 0 Å². The largest absolute Gasteiger partial charge is 0.282 e. The molecule has 0 radical (unpaired) electrons. The number of rotatable bonds is 16. The van der Waals surface area contributed by atoms with Crippen molar-refractivity contribution in [2.45, 2.75) is 102 Å². The summed E-state index contributed by atoms with van der Waals surface area (Å²) in [7, 11) is 0. The van der Waals surface area contributed by atoms with Crippen LogP contribution in [0.15, 0.2) is 24.3 Å². The number of allylic oxidation sites excluding steroid dienone is 2. The first kappa shape index (κ1) is 25.5. The van der Waals surface area contributed by atoms with E-state index in [0.29, 0.717) is 0 Å². The van der Waals surface area contributed by atoms with Gasteiger partial charge in [0.2, 0.25) is 10.2 Å². The van der Waals surface area contributed by atoms with Gasteiger partial charge < -0.3 is 0 Å². The molecule has 0 bridgehead atoms. The highest BCUT2D eigenvalue weighted by Gasteiger charge is 2.16. The molecule has 0 spiro atoms. The molecular formula is C22H38O2S2. The Morgan fingerprint density at radius 3 is 1.46 bits per heavy atom. The van der Waals surface area contributed by atoms with Crippen LogP contribution in [0.4, 0.5) is 0 Å². The van der Waals surface area contributed by atoms with Crippen LogP contribution in [0.1, 0.15) is 97.8 Å². The fourth-order valence-electron chi connectivity index (χ4n) is 2.73. The summed E-state index contributed by atoms with van der Waals surface area (Å²) in [6.07, 6.45) is 22.0. The lowest BCUT2D eigenvalue weighted by molar-refractivity contribution is -0.107. The summed E-state index contributed by atoms with van der Waals surface area (Å²) >= 11 is 2.57. The molecule has 0 aromatic rings. The average molecular weight is 399 g/mol. The van der Waals surface area contributed by atoms with E-state index in [1.807, 2.05) is 13.8 Å². The van der Waals surface area contributed by atoms with Gasteiger partial charge >= 0.3 is 0 Å². The summed E-state index contributed by atoms with van der Waals surface area (Å²) in [6, 6.07) is 0. The Kier molecular flexibility index (Phi) is 18.9. The maximum absolute atomic E-state index is 11.8. The van der Waals surface area contributed by atoms with Gasteiger partial charge in [0.1, 0.15) is 0 Å². The summed E-state index contributed by atoms with van der Waals surface area (Å²) in [5.41, 5.74) is 0. The second-order valence-electron chi connectivity index (χ2n) is 6.63. The van der Waals surface area contributed by atoms with Crippen LogP contribution in [0.2, 0.25) is 0 Å². The molecule has 0 fully saturated rings. The molecule has 0 aliphatic rings. The lowest BCUT2D eigenvalue weighted by Crippen LogP contribution is -2.05. The molecule has 0 unspecified atom stereocenters. The van der Waals surface area contributed by atoms with E-state index in [1.54, 1.807) is 24.3 Å². The molecule has 4 heteroatoms. The third kappa shape index (κ3) is 17.0. The molecular weight excluding hydrogens is 360 g/mol. The van der Waals surface area contributed by atoms with Crippen LogP contribution in [0.25, 0.3) is 0 Å². The summed E-state index contributed by atoms with van der Waals surface area (Å²) in [5.74, 6) is 0. The van der Waals surface area contributed by atoms with Crippen molar-refractivity contribution in [3.8, 4) is 0 Å². The molecule has 150 valence electrons. The van der Waals surface area contributed by atoms with E-state index in [1.165, 1.54) is 87.7 Å². The van der Waals surface area contributed by atoms with Crippen molar-refractivity contribution in [2.24, 2.45) is 0 Å². The van der Waals surface area contributed by atoms with Gasteiger partial charge in [-0.2, -0.15) is 0 Å². The Bertz CT molecular complexity index is 390. The highest BCUT2D eigenvalue weighted by Crippen LogP contribution is 2.30. The van der Waals surface area contributed by atoms with Crippen molar-refractivity contribution in [3.63, 3.8) is 0 Å². The predicted octanol–water partition coefficient (Wildman–Crippen LogP) is 7.69. The van der Waals surface area contributed by atoms with E-state index in [0.717, 1.165) is 12.8 Å². The van der Waals surface area contributed by atoms with Gasteiger partial charge in [-0.05, 0) is 32.4 Å². The van der Waals surface area contributed by atoms with Gasteiger partial charge in [-0.25, -0.2) is 0 Å².